The lowest BCUT2D eigenvalue weighted by Crippen LogP contribution is -2.55. The van der Waals surface area contributed by atoms with Crippen LogP contribution in [-0.4, -0.2) is 31.2 Å². The highest BCUT2D eigenvalue weighted by Gasteiger charge is 2.45. The maximum atomic E-state index is 13.3. The number of ketones is 4. The van der Waals surface area contributed by atoms with Crippen molar-refractivity contribution in [1.29, 1.82) is 0 Å². The van der Waals surface area contributed by atoms with Crippen molar-refractivity contribution in [3.05, 3.63) is 152 Å². The number of hydrogen-bond acceptors (Lipinski definition) is 6. The van der Waals surface area contributed by atoms with Gasteiger partial charge in [0.15, 0.2) is 23.1 Å². The SMILES string of the molecule is CCCCCCCC[Si]1(CCCCCCCC)c2cc(-c3ccc(C=C4C(=O)c5ccccc5C4=O)s3)ccc2-c2ccc(-c3ccc(C=C4C(=O)c5ccccc5C4=O)s3)cc21. The quantitative estimate of drug-likeness (QED) is 0.0373. The van der Waals surface area contributed by atoms with E-state index in [1.54, 1.807) is 69.5 Å². The lowest BCUT2D eigenvalue weighted by molar-refractivity contribution is 0.0975. The molecule has 2 aromatic heterocycles. The molecule has 0 saturated heterocycles. The first kappa shape index (κ1) is 42.9. The predicted octanol–water partition coefficient (Wildman–Crippen LogP) is 14.3. The largest absolute Gasteiger partial charge is 0.288 e. The van der Waals surface area contributed by atoms with Crippen molar-refractivity contribution in [2.24, 2.45) is 0 Å². The first-order chi connectivity index (χ1) is 30.8. The Balaban J connectivity index is 1.07. The summed E-state index contributed by atoms with van der Waals surface area (Å²) in [5, 5.41) is 3.10. The van der Waals surface area contributed by atoms with Crippen LogP contribution in [0.2, 0.25) is 12.1 Å². The van der Waals surface area contributed by atoms with E-state index >= 15 is 0 Å². The van der Waals surface area contributed by atoms with Crippen molar-refractivity contribution in [1.82, 2.24) is 0 Å². The fourth-order valence-electron chi connectivity index (χ4n) is 10.1. The molecular weight excluding hydrogens is 829 g/mol. The van der Waals surface area contributed by atoms with Gasteiger partial charge in [0.1, 0.15) is 8.07 Å². The molecule has 0 fully saturated rings. The van der Waals surface area contributed by atoms with E-state index in [4.69, 9.17) is 0 Å². The standard InChI is InChI=1S/C56H54O4S2Si/c1-3-5-7-9-11-17-31-63(32-18-12-10-8-6-4-2)51-33-37(49-29-25-39(61-49)35-47-53(57)43-19-13-14-20-44(43)54(47)58)23-27-41(51)42-28-24-38(34-52(42)63)50-30-26-40(62-50)36-48-55(59)45-21-15-16-22-46(45)56(48)60/h13-16,19-30,33-36H,3-12,17-18,31-32H2,1-2H3. The fraction of sp³-hybridized carbons (Fsp3) is 0.286. The van der Waals surface area contributed by atoms with Gasteiger partial charge in [0.2, 0.25) is 0 Å². The van der Waals surface area contributed by atoms with E-state index in [0.717, 1.165) is 19.5 Å². The van der Waals surface area contributed by atoms with Gasteiger partial charge in [-0.3, -0.25) is 19.2 Å². The topological polar surface area (TPSA) is 68.3 Å². The molecule has 0 radical (unpaired) electrons. The molecule has 0 N–H and O–H groups in total. The highest BCUT2D eigenvalue weighted by atomic mass is 32.1. The van der Waals surface area contributed by atoms with Crippen molar-refractivity contribution in [2.75, 3.05) is 0 Å². The van der Waals surface area contributed by atoms with Crippen LogP contribution >= 0.6 is 22.7 Å². The van der Waals surface area contributed by atoms with Gasteiger partial charge in [0, 0.05) is 41.8 Å². The maximum absolute atomic E-state index is 13.3. The van der Waals surface area contributed by atoms with Crippen LogP contribution < -0.4 is 10.4 Å². The second-order valence-corrected chi connectivity index (χ2v) is 24.0. The summed E-state index contributed by atoms with van der Waals surface area (Å²) in [6, 6.07) is 39.4. The Hall–Kier alpha value is -5.34. The van der Waals surface area contributed by atoms with Gasteiger partial charge >= 0.3 is 0 Å². The molecule has 0 spiro atoms. The Morgan fingerprint density at radius 3 is 1.16 bits per heavy atom. The highest BCUT2D eigenvalue weighted by Crippen LogP contribution is 2.41. The molecule has 0 saturated carbocycles. The summed E-state index contributed by atoms with van der Waals surface area (Å²) in [6.07, 6.45) is 18.8. The van der Waals surface area contributed by atoms with Crippen molar-refractivity contribution in [3.8, 4) is 32.0 Å². The Morgan fingerprint density at radius 2 is 0.778 bits per heavy atom. The molecule has 3 aliphatic rings. The van der Waals surface area contributed by atoms with Gasteiger partial charge in [0.25, 0.3) is 0 Å². The Kier molecular flexibility index (Phi) is 12.8. The molecule has 318 valence electrons. The average molecular weight is 883 g/mol. The van der Waals surface area contributed by atoms with E-state index in [1.807, 2.05) is 36.4 Å². The second kappa shape index (κ2) is 18.8. The molecule has 0 bridgehead atoms. The zero-order valence-electron chi connectivity index (χ0n) is 36.4. The first-order valence-corrected chi connectivity index (χ1v) is 27.2. The van der Waals surface area contributed by atoms with Crippen LogP contribution in [-0.2, 0) is 0 Å². The van der Waals surface area contributed by atoms with Gasteiger partial charge < -0.3 is 0 Å². The minimum absolute atomic E-state index is 0.193. The lowest BCUT2D eigenvalue weighted by atomic mass is 10.0. The second-order valence-electron chi connectivity index (χ2n) is 17.6. The summed E-state index contributed by atoms with van der Waals surface area (Å²) in [5.41, 5.74) is 7.58. The molecule has 9 rings (SSSR count). The summed E-state index contributed by atoms with van der Waals surface area (Å²) in [7, 11) is -2.29. The molecule has 1 aliphatic heterocycles. The number of fused-ring (bicyclic) bond motifs is 5. The summed E-state index contributed by atoms with van der Waals surface area (Å²) in [6.45, 7) is 4.56. The third-order valence-electron chi connectivity index (χ3n) is 13.5. The molecule has 0 unspecified atom stereocenters. The monoisotopic (exact) mass is 882 g/mol. The Labute approximate surface area is 380 Å². The van der Waals surface area contributed by atoms with Gasteiger partial charge in [-0.1, -0.05) is 176 Å². The normalized spacial score (nSPS) is 14.6. The number of hydrogen-bond donors (Lipinski definition) is 0. The minimum Gasteiger partial charge on any atom is -0.288 e. The third kappa shape index (κ3) is 8.32. The molecule has 0 atom stereocenters. The van der Waals surface area contributed by atoms with E-state index in [-0.39, 0.29) is 34.3 Å². The molecular formula is C56H54O4S2Si. The van der Waals surface area contributed by atoms with Crippen LogP contribution in [0.1, 0.15) is 142 Å². The van der Waals surface area contributed by atoms with E-state index in [0.29, 0.717) is 22.3 Å². The van der Waals surface area contributed by atoms with E-state index < -0.39 is 8.07 Å². The van der Waals surface area contributed by atoms with E-state index in [2.05, 4.69) is 62.4 Å². The van der Waals surface area contributed by atoms with Gasteiger partial charge in [0.05, 0.1) is 11.1 Å². The molecule has 4 aromatic carbocycles. The van der Waals surface area contributed by atoms with Gasteiger partial charge in [-0.25, -0.2) is 0 Å². The number of benzene rings is 4. The van der Waals surface area contributed by atoms with Gasteiger partial charge in [-0.15, -0.1) is 22.7 Å². The molecule has 2 aliphatic carbocycles. The van der Waals surface area contributed by atoms with E-state index in [1.165, 1.54) is 111 Å². The van der Waals surface area contributed by atoms with Gasteiger partial charge in [-0.05, 0) is 81.1 Å². The van der Waals surface area contributed by atoms with Crippen LogP contribution in [0.25, 0.3) is 44.2 Å². The van der Waals surface area contributed by atoms with Crippen molar-refractivity contribution < 1.29 is 19.2 Å². The molecule has 4 nitrogen and oxygen atoms in total. The molecule has 3 heterocycles. The van der Waals surface area contributed by atoms with Crippen molar-refractivity contribution in [3.63, 3.8) is 0 Å². The van der Waals surface area contributed by atoms with Crippen LogP contribution in [0.15, 0.2) is 120 Å². The summed E-state index contributed by atoms with van der Waals surface area (Å²) in [4.78, 5) is 57.1. The molecule has 6 aromatic rings. The number of thiophene rings is 2. The van der Waals surface area contributed by atoms with Crippen LogP contribution in [0, 0.1) is 0 Å². The summed E-state index contributed by atoms with van der Waals surface area (Å²) < 4.78 is 0. The van der Waals surface area contributed by atoms with Crippen LogP contribution in [0.5, 0.6) is 0 Å². The summed E-state index contributed by atoms with van der Waals surface area (Å²) in [5.74, 6) is -0.773. The minimum atomic E-state index is -2.29. The smallest absolute Gasteiger partial charge is 0.197 e. The average Bonchev–Trinajstić information content (AvgIpc) is 4.13. The number of unbranched alkanes of at least 4 members (excludes halogenated alkanes) is 10. The number of Topliss-reactive ketones (excluding diaryl/α,β-unsaturated/α-hetero) is 4. The number of carbonyl (C=O) groups is 4. The zero-order chi connectivity index (χ0) is 43.5. The Bertz CT molecular complexity index is 2550. The highest BCUT2D eigenvalue weighted by molar-refractivity contribution is 7.17. The molecule has 7 heteroatoms. The molecule has 63 heavy (non-hydrogen) atoms. The third-order valence-corrected chi connectivity index (χ3v) is 20.9. The number of rotatable bonds is 18. The maximum Gasteiger partial charge on any atom is 0.197 e. The number of carbonyl (C=O) groups excluding carboxylic acids is 4. The van der Waals surface area contributed by atoms with E-state index in [9.17, 15) is 19.2 Å². The van der Waals surface area contributed by atoms with Gasteiger partial charge in [-0.2, -0.15) is 0 Å². The fourth-order valence-corrected chi connectivity index (χ4v) is 17.7. The number of allylic oxidation sites excluding steroid dienone is 2. The van der Waals surface area contributed by atoms with Crippen LogP contribution in [0.4, 0.5) is 0 Å². The predicted molar refractivity (Wildman–Crippen MR) is 266 cm³/mol. The molecule has 0 amide bonds. The van der Waals surface area contributed by atoms with Crippen molar-refractivity contribution >= 4 is 76.4 Å². The summed E-state index contributed by atoms with van der Waals surface area (Å²) >= 11 is 3.28. The first-order valence-electron chi connectivity index (χ1n) is 23.1. The lowest BCUT2D eigenvalue weighted by Gasteiger charge is -2.31. The zero-order valence-corrected chi connectivity index (χ0v) is 39.0. The Morgan fingerprint density at radius 1 is 0.413 bits per heavy atom. The van der Waals surface area contributed by atoms with Crippen LogP contribution in [0.3, 0.4) is 0 Å². The van der Waals surface area contributed by atoms with Crippen molar-refractivity contribution in [2.45, 2.75) is 103 Å².